The summed E-state index contributed by atoms with van der Waals surface area (Å²) < 4.78 is 37.9. The topological polar surface area (TPSA) is 82.4 Å². The van der Waals surface area contributed by atoms with E-state index in [1.807, 2.05) is 6.07 Å². The minimum absolute atomic E-state index is 0.0821. The van der Waals surface area contributed by atoms with Gasteiger partial charge in [0.1, 0.15) is 11.5 Å². The summed E-state index contributed by atoms with van der Waals surface area (Å²) in [5, 5.41) is 18.6. The molecule has 0 saturated carbocycles. The standard InChI is InChI=1S/C12H9BrF3N3O/c1-19-10(12(14,15)16)4-9(18)7-2-6(5-17)3-8(13)11(7)20/h2-4,20H,18H2,1H3/b9-4-,19-10?. The van der Waals surface area contributed by atoms with Crippen LogP contribution < -0.4 is 5.73 Å². The number of hydrogen-bond acceptors (Lipinski definition) is 4. The maximum absolute atomic E-state index is 12.6. The van der Waals surface area contributed by atoms with Crippen LogP contribution in [0.2, 0.25) is 0 Å². The summed E-state index contributed by atoms with van der Waals surface area (Å²) in [6.07, 6.45) is -4.05. The van der Waals surface area contributed by atoms with Gasteiger partial charge in [0.05, 0.1) is 16.1 Å². The average molecular weight is 348 g/mol. The molecule has 1 aromatic carbocycles. The zero-order valence-corrected chi connectivity index (χ0v) is 11.7. The molecule has 0 aromatic heterocycles. The van der Waals surface area contributed by atoms with E-state index in [0.29, 0.717) is 6.08 Å². The Morgan fingerprint density at radius 2 is 2.10 bits per heavy atom. The van der Waals surface area contributed by atoms with E-state index in [2.05, 4.69) is 20.9 Å². The van der Waals surface area contributed by atoms with Gasteiger partial charge in [-0.1, -0.05) is 0 Å². The van der Waals surface area contributed by atoms with E-state index in [4.69, 9.17) is 11.0 Å². The van der Waals surface area contributed by atoms with Crippen LogP contribution in [0.15, 0.2) is 27.7 Å². The number of nitrogens with two attached hydrogens (primary N) is 1. The molecule has 0 radical (unpaired) electrons. The predicted molar refractivity (Wildman–Crippen MR) is 72.1 cm³/mol. The van der Waals surface area contributed by atoms with Crippen molar-refractivity contribution in [3.05, 3.63) is 33.8 Å². The summed E-state index contributed by atoms with van der Waals surface area (Å²) in [4.78, 5) is 3.10. The Morgan fingerprint density at radius 3 is 2.55 bits per heavy atom. The molecule has 106 valence electrons. The lowest BCUT2D eigenvalue weighted by Crippen LogP contribution is -2.22. The maximum atomic E-state index is 12.6. The van der Waals surface area contributed by atoms with E-state index < -0.39 is 11.9 Å². The van der Waals surface area contributed by atoms with Crippen LogP contribution >= 0.6 is 15.9 Å². The van der Waals surface area contributed by atoms with E-state index in [9.17, 15) is 18.3 Å². The van der Waals surface area contributed by atoms with Crippen molar-refractivity contribution in [3.63, 3.8) is 0 Å². The first kappa shape index (κ1) is 16.0. The largest absolute Gasteiger partial charge is 0.506 e. The molecule has 0 amide bonds. The molecule has 1 rings (SSSR count). The third kappa shape index (κ3) is 3.51. The molecular weight excluding hydrogens is 339 g/mol. The smallest absolute Gasteiger partial charge is 0.432 e. The van der Waals surface area contributed by atoms with Gasteiger partial charge in [0, 0.05) is 18.3 Å². The van der Waals surface area contributed by atoms with Gasteiger partial charge in [-0.2, -0.15) is 18.4 Å². The molecule has 0 atom stereocenters. The molecule has 0 bridgehead atoms. The van der Waals surface area contributed by atoms with Gasteiger partial charge < -0.3 is 10.8 Å². The Bertz CT molecular complexity index is 630. The number of nitrogens with zero attached hydrogens (tertiary/aromatic N) is 2. The highest BCUT2D eigenvalue weighted by Crippen LogP contribution is 2.32. The van der Waals surface area contributed by atoms with E-state index in [1.165, 1.54) is 12.1 Å². The van der Waals surface area contributed by atoms with Crippen LogP contribution in [0.5, 0.6) is 5.75 Å². The van der Waals surface area contributed by atoms with Crippen molar-refractivity contribution in [2.45, 2.75) is 6.18 Å². The number of phenols is 1. The average Bonchev–Trinajstić information content (AvgIpc) is 2.37. The molecule has 0 heterocycles. The second-order valence-electron chi connectivity index (χ2n) is 3.67. The third-order valence-electron chi connectivity index (χ3n) is 2.33. The van der Waals surface area contributed by atoms with Crippen molar-refractivity contribution in [2.24, 2.45) is 10.7 Å². The fraction of sp³-hybridized carbons (Fsp3) is 0.167. The molecule has 0 aliphatic heterocycles. The molecule has 0 fully saturated rings. The van der Waals surface area contributed by atoms with Crippen LogP contribution in [-0.2, 0) is 0 Å². The fourth-order valence-electron chi connectivity index (χ4n) is 1.38. The molecular formula is C12H9BrF3N3O. The molecule has 1 aromatic rings. The Labute approximate surface area is 121 Å². The van der Waals surface area contributed by atoms with Crippen molar-refractivity contribution >= 4 is 27.3 Å². The third-order valence-corrected chi connectivity index (χ3v) is 2.93. The van der Waals surface area contributed by atoms with E-state index in [-0.39, 0.29) is 27.0 Å². The highest BCUT2D eigenvalue weighted by atomic mass is 79.9. The quantitative estimate of drug-likeness (QED) is 0.806. The van der Waals surface area contributed by atoms with Gasteiger partial charge >= 0.3 is 6.18 Å². The summed E-state index contributed by atoms with van der Waals surface area (Å²) in [7, 11) is 0.980. The van der Waals surface area contributed by atoms with Gasteiger partial charge in [0.25, 0.3) is 0 Å². The number of benzene rings is 1. The van der Waals surface area contributed by atoms with Crippen molar-refractivity contribution in [2.75, 3.05) is 7.05 Å². The second kappa shape index (κ2) is 5.96. The van der Waals surface area contributed by atoms with Crippen LogP contribution in [0.1, 0.15) is 11.1 Å². The van der Waals surface area contributed by atoms with Crippen LogP contribution in [0, 0.1) is 11.3 Å². The van der Waals surface area contributed by atoms with Gasteiger partial charge in [-0.05, 0) is 34.1 Å². The molecule has 8 heteroatoms. The van der Waals surface area contributed by atoms with Crippen molar-refractivity contribution < 1.29 is 18.3 Å². The SMILES string of the molecule is CN=C(/C=C(\N)c1cc(C#N)cc(Br)c1O)C(F)(F)F. The molecule has 4 nitrogen and oxygen atoms in total. The Hall–Kier alpha value is -2.01. The first-order valence-electron chi connectivity index (χ1n) is 5.14. The van der Waals surface area contributed by atoms with Gasteiger partial charge in [0.2, 0.25) is 0 Å². The lowest BCUT2D eigenvalue weighted by Gasteiger charge is -2.10. The number of allylic oxidation sites excluding steroid dienone is 1. The van der Waals surface area contributed by atoms with Crippen LogP contribution in [-0.4, -0.2) is 24.0 Å². The first-order chi connectivity index (χ1) is 9.20. The molecule has 0 spiro atoms. The molecule has 0 aliphatic carbocycles. The summed E-state index contributed by atoms with van der Waals surface area (Å²) in [6.45, 7) is 0. The van der Waals surface area contributed by atoms with Crippen LogP contribution in [0.4, 0.5) is 13.2 Å². The molecule has 0 unspecified atom stereocenters. The van der Waals surface area contributed by atoms with Gasteiger partial charge in [0.15, 0.2) is 0 Å². The van der Waals surface area contributed by atoms with E-state index in [0.717, 1.165) is 7.05 Å². The van der Waals surface area contributed by atoms with Gasteiger partial charge in [-0.3, -0.25) is 4.99 Å². The van der Waals surface area contributed by atoms with Gasteiger partial charge in [-0.25, -0.2) is 0 Å². The van der Waals surface area contributed by atoms with E-state index in [1.54, 1.807) is 0 Å². The highest BCUT2D eigenvalue weighted by molar-refractivity contribution is 9.10. The minimum atomic E-state index is -4.65. The number of rotatable bonds is 2. The summed E-state index contributed by atoms with van der Waals surface area (Å²) in [5.41, 5.74) is 4.08. The van der Waals surface area contributed by atoms with Crippen LogP contribution in [0.3, 0.4) is 0 Å². The molecule has 20 heavy (non-hydrogen) atoms. The number of aromatic hydroxyl groups is 1. The predicted octanol–water partition coefficient (Wildman–Crippen LogP) is 2.96. The van der Waals surface area contributed by atoms with Crippen molar-refractivity contribution in [3.8, 4) is 11.8 Å². The summed E-state index contributed by atoms with van der Waals surface area (Å²) in [5.74, 6) is -0.352. The monoisotopic (exact) mass is 347 g/mol. The number of aliphatic imine (C=N–C) groups is 1. The number of nitriles is 1. The Morgan fingerprint density at radius 1 is 1.50 bits per heavy atom. The number of phenolic OH excluding ortho intramolecular Hbond substituents is 1. The summed E-state index contributed by atoms with van der Waals surface area (Å²) in [6, 6.07) is 4.33. The summed E-state index contributed by atoms with van der Waals surface area (Å²) >= 11 is 2.99. The van der Waals surface area contributed by atoms with Crippen LogP contribution in [0.25, 0.3) is 5.70 Å². The second-order valence-corrected chi connectivity index (χ2v) is 4.53. The lowest BCUT2D eigenvalue weighted by molar-refractivity contribution is -0.0577. The zero-order valence-electron chi connectivity index (χ0n) is 10.2. The Kier molecular flexibility index (Phi) is 4.78. The number of hydrogen-bond donors (Lipinski definition) is 2. The lowest BCUT2D eigenvalue weighted by atomic mass is 10.1. The number of halogens is 4. The van der Waals surface area contributed by atoms with Crippen molar-refractivity contribution in [1.29, 1.82) is 5.26 Å². The number of alkyl halides is 3. The highest BCUT2D eigenvalue weighted by Gasteiger charge is 2.34. The molecule has 3 N–H and O–H groups in total. The fourth-order valence-corrected chi connectivity index (χ4v) is 1.84. The maximum Gasteiger partial charge on any atom is 0.432 e. The zero-order chi connectivity index (χ0) is 15.5. The minimum Gasteiger partial charge on any atom is -0.506 e. The normalized spacial score (nSPS) is 13.2. The molecule has 0 aliphatic rings. The Balaban J connectivity index is 3.39. The first-order valence-corrected chi connectivity index (χ1v) is 5.94. The van der Waals surface area contributed by atoms with Crippen molar-refractivity contribution in [1.82, 2.24) is 0 Å². The molecule has 0 saturated heterocycles. The van der Waals surface area contributed by atoms with Gasteiger partial charge in [-0.15, -0.1) is 0 Å². The van der Waals surface area contributed by atoms with E-state index >= 15 is 0 Å².